The van der Waals surface area contributed by atoms with Gasteiger partial charge in [0.1, 0.15) is 5.60 Å². The van der Waals surface area contributed by atoms with Crippen molar-refractivity contribution in [3.05, 3.63) is 59.7 Å². The van der Waals surface area contributed by atoms with E-state index in [1.165, 1.54) is 22.3 Å². The number of aliphatic hydroxyl groups excluding tert-OH is 1. The minimum absolute atomic E-state index is 0.264. The molecule has 2 aromatic rings. The lowest BCUT2D eigenvalue weighted by molar-refractivity contribution is -0.0639. The smallest absolute Gasteiger partial charge is 0.408 e. The van der Waals surface area contributed by atoms with Crippen LogP contribution in [-0.2, 0) is 4.74 Å². The van der Waals surface area contributed by atoms with Gasteiger partial charge in [0.25, 0.3) is 0 Å². The van der Waals surface area contributed by atoms with Gasteiger partial charge >= 0.3 is 12.2 Å². The second kappa shape index (κ2) is 8.55. The molecule has 0 spiro atoms. The Kier molecular flexibility index (Phi) is 5.79. The molecule has 7 nitrogen and oxygen atoms in total. The van der Waals surface area contributed by atoms with Crippen LogP contribution < -0.4 is 10.6 Å². The lowest BCUT2D eigenvalue weighted by Gasteiger charge is -2.55. The molecule has 0 saturated heterocycles. The number of carboxylic acid groups (broad SMARTS) is 1. The predicted molar refractivity (Wildman–Crippen MR) is 132 cm³/mol. The third-order valence-electron chi connectivity index (χ3n) is 8.41. The van der Waals surface area contributed by atoms with Crippen LogP contribution >= 0.6 is 0 Å². The maximum Gasteiger partial charge on any atom is 0.408 e. The van der Waals surface area contributed by atoms with Crippen LogP contribution in [0.4, 0.5) is 9.59 Å². The fraction of sp³-hybridized carbons (Fsp3) is 0.500. The highest BCUT2D eigenvalue weighted by Crippen LogP contribution is 2.48. The normalized spacial score (nSPS) is 27.1. The van der Waals surface area contributed by atoms with E-state index in [1.807, 2.05) is 13.8 Å². The Morgan fingerprint density at radius 2 is 1.54 bits per heavy atom. The minimum atomic E-state index is -1.08. The number of benzene rings is 2. The van der Waals surface area contributed by atoms with Gasteiger partial charge in [0.15, 0.2) is 0 Å². The summed E-state index contributed by atoms with van der Waals surface area (Å²) in [6.07, 6.45) is 1.61. The third-order valence-corrected chi connectivity index (χ3v) is 8.41. The van der Waals surface area contributed by atoms with Crippen molar-refractivity contribution in [1.29, 1.82) is 0 Å². The van der Waals surface area contributed by atoms with E-state index in [0.29, 0.717) is 38.5 Å². The van der Waals surface area contributed by atoms with Gasteiger partial charge in [-0.15, -0.1) is 0 Å². The summed E-state index contributed by atoms with van der Waals surface area (Å²) in [6, 6.07) is 17.0. The molecular weight excluding hydrogens is 444 g/mol. The van der Waals surface area contributed by atoms with Gasteiger partial charge in [-0.2, -0.15) is 0 Å². The van der Waals surface area contributed by atoms with Crippen LogP contribution in [-0.4, -0.2) is 45.2 Å². The molecule has 186 valence electrons. The van der Waals surface area contributed by atoms with Gasteiger partial charge in [0.05, 0.1) is 11.6 Å². The fourth-order valence-electron chi connectivity index (χ4n) is 6.48. The standard InChI is InChI=1S/C28H34N2O5/c1-26(2,12-11-22-20-9-5-3-7-18(20)19-8-4-6-10-21(19)22)35-25(34)30-28-15-13-27(14-16-28,17-23(28)31)29-24(32)33/h3-10,22-23,29,31H,11-17H2,1-2H3,(H,30,34)(H,32,33)/t23-,27?,28?/m0/s1. The summed E-state index contributed by atoms with van der Waals surface area (Å²) in [7, 11) is 0. The first-order valence-electron chi connectivity index (χ1n) is 12.5. The number of carbonyl (C=O) groups excluding carboxylic acids is 1. The van der Waals surface area contributed by atoms with Crippen molar-refractivity contribution in [1.82, 2.24) is 10.6 Å². The second-order valence-corrected chi connectivity index (χ2v) is 11.1. The van der Waals surface area contributed by atoms with Crippen molar-refractivity contribution < 1.29 is 24.5 Å². The van der Waals surface area contributed by atoms with Crippen molar-refractivity contribution in [2.45, 2.75) is 87.5 Å². The average Bonchev–Trinajstić information content (AvgIpc) is 3.12. The number of aliphatic hydroxyl groups is 1. The zero-order valence-corrected chi connectivity index (χ0v) is 20.3. The number of hydrogen-bond acceptors (Lipinski definition) is 4. The zero-order chi connectivity index (χ0) is 24.8. The number of alkyl carbamates (subject to hydrolysis) is 1. The van der Waals surface area contributed by atoms with E-state index < -0.39 is 35.0 Å². The number of fused-ring (bicyclic) bond motifs is 6. The van der Waals surface area contributed by atoms with Crippen molar-refractivity contribution in [2.75, 3.05) is 0 Å². The number of hydrogen-bond donors (Lipinski definition) is 4. The molecule has 2 amide bonds. The second-order valence-electron chi connectivity index (χ2n) is 11.1. The zero-order valence-electron chi connectivity index (χ0n) is 20.3. The first-order valence-corrected chi connectivity index (χ1v) is 12.5. The first-order chi connectivity index (χ1) is 16.6. The molecule has 1 atom stereocenters. The SMILES string of the molecule is CC(C)(CCC1c2ccccc2-c2ccccc21)OC(=O)NC12CCC(NC(=O)O)(CC1)C[C@@H]2O. The van der Waals surface area contributed by atoms with Crippen LogP contribution in [0.3, 0.4) is 0 Å². The molecule has 4 N–H and O–H groups in total. The van der Waals surface area contributed by atoms with Crippen LogP contribution in [0.2, 0.25) is 0 Å². The van der Waals surface area contributed by atoms with Crippen LogP contribution in [0, 0.1) is 0 Å². The Balaban J connectivity index is 1.21. The summed E-state index contributed by atoms with van der Waals surface area (Å²) in [5, 5.41) is 25.5. The average molecular weight is 479 g/mol. The van der Waals surface area contributed by atoms with Crippen molar-refractivity contribution in [3.8, 4) is 11.1 Å². The van der Waals surface area contributed by atoms with Crippen LogP contribution in [0.5, 0.6) is 0 Å². The van der Waals surface area contributed by atoms with E-state index in [4.69, 9.17) is 9.84 Å². The van der Waals surface area contributed by atoms with Gasteiger partial charge in [0.2, 0.25) is 0 Å². The lowest BCUT2D eigenvalue weighted by Crippen LogP contribution is -2.70. The fourth-order valence-corrected chi connectivity index (χ4v) is 6.48. The summed E-state index contributed by atoms with van der Waals surface area (Å²) in [5.41, 5.74) is 3.14. The summed E-state index contributed by atoms with van der Waals surface area (Å²) < 4.78 is 5.89. The van der Waals surface area contributed by atoms with E-state index in [-0.39, 0.29) is 5.92 Å². The van der Waals surface area contributed by atoms with E-state index >= 15 is 0 Å². The Bertz CT molecular complexity index is 1090. The molecule has 0 aromatic heterocycles. The Labute approximate surface area is 205 Å². The summed E-state index contributed by atoms with van der Waals surface area (Å²) in [6.45, 7) is 3.86. The predicted octanol–water partition coefficient (Wildman–Crippen LogP) is 5.17. The van der Waals surface area contributed by atoms with E-state index in [1.54, 1.807) is 0 Å². The van der Waals surface area contributed by atoms with Gasteiger partial charge in [-0.05, 0) is 81.0 Å². The summed E-state index contributed by atoms with van der Waals surface area (Å²) >= 11 is 0. The van der Waals surface area contributed by atoms with Crippen molar-refractivity contribution in [3.63, 3.8) is 0 Å². The Morgan fingerprint density at radius 1 is 0.971 bits per heavy atom. The molecule has 4 aliphatic carbocycles. The molecule has 0 aliphatic heterocycles. The highest BCUT2D eigenvalue weighted by Gasteiger charge is 2.55. The van der Waals surface area contributed by atoms with Crippen molar-refractivity contribution >= 4 is 12.2 Å². The minimum Gasteiger partial charge on any atom is -0.465 e. The molecule has 3 saturated carbocycles. The molecule has 3 fully saturated rings. The molecule has 0 unspecified atom stereocenters. The number of ether oxygens (including phenoxy) is 1. The number of nitrogens with one attached hydrogen (secondary N) is 2. The van der Waals surface area contributed by atoms with Gasteiger partial charge in [0, 0.05) is 11.5 Å². The van der Waals surface area contributed by atoms with E-state index in [0.717, 1.165) is 6.42 Å². The van der Waals surface area contributed by atoms with Crippen LogP contribution in [0.1, 0.15) is 75.8 Å². The topological polar surface area (TPSA) is 108 Å². The highest BCUT2D eigenvalue weighted by atomic mass is 16.6. The molecule has 0 heterocycles. The molecular formula is C28H34N2O5. The Morgan fingerprint density at radius 3 is 2.09 bits per heavy atom. The number of rotatable bonds is 6. The molecule has 2 aromatic carbocycles. The number of carbonyl (C=O) groups is 2. The Hall–Kier alpha value is -3.06. The quantitative estimate of drug-likeness (QED) is 0.458. The molecule has 6 rings (SSSR count). The summed E-state index contributed by atoms with van der Waals surface area (Å²) in [5.74, 6) is 0.264. The first kappa shape index (κ1) is 23.7. The van der Waals surface area contributed by atoms with Crippen molar-refractivity contribution in [2.24, 2.45) is 0 Å². The van der Waals surface area contributed by atoms with Gasteiger partial charge < -0.3 is 25.6 Å². The summed E-state index contributed by atoms with van der Waals surface area (Å²) in [4.78, 5) is 24.1. The van der Waals surface area contributed by atoms with E-state index in [9.17, 15) is 14.7 Å². The van der Waals surface area contributed by atoms with Crippen LogP contribution in [0.15, 0.2) is 48.5 Å². The molecule has 2 bridgehead atoms. The highest BCUT2D eigenvalue weighted by molar-refractivity contribution is 5.78. The monoisotopic (exact) mass is 478 g/mol. The van der Waals surface area contributed by atoms with E-state index in [2.05, 4.69) is 59.2 Å². The maximum atomic E-state index is 13.0. The molecule has 0 radical (unpaired) electrons. The molecule has 4 aliphatic rings. The largest absolute Gasteiger partial charge is 0.465 e. The van der Waals surface area contributed by atoms with Crippen LogP contribution in [0.25, 0.3) is 11.1 Å². The lowest BCUT2D eigenvalue weighted by atomic mass is 9.60. The number of amides is 2. The molecule has 35 heavy (non-hydrogen) atoms. The van der Waals surface area contributed by atoms with Gasteiger partial charge in [-0.1, -0.05) is 48.5 Å². The van der Waals surface area contributed by atoms with Gasteiger partial charge in [-0.3, -0.25) is 0 Å². The maximum absolute atomic E-state index is 13.0. The third kappa shape index (κ3) is 4.38. The molecule has 7 heteroatoms. The van der Waals surface area contributed by atoms with Gasteiger partial charge in [-0.25, -0.2) is 9.59 Å².